The van der Waals surface area contributed by atoms with Crippen LogP contribution in [0.4, 0.5) is 10.1 Å². The molecule has 1 heterocycles. The number of methoxy groups -OCH3 is 1. The van der Waals surface area contributed by atoms with Crippen molar-refractivity contribution in [3.8, 4) is 17.2 Å². The molecule has 2 aromatic rings. The molecule has 1 atom stereocenters. The van der Waals surface area contributed by atoms with E-state index in [1.165, 1.54) is 0 Å². The van der Waals surface area contributed by atoms with E-state index in [0.717, 1.165) is 35.7 Å². The molecule has 0 radical (unpaired) electrons. The van der Waals surface area contributed by atoms with E-state index in [2.05, 4.69) is 25.7 Å². The molecule has 1 aliphatic heterocycles. The molecule has 0 spiro atoms. The molecular weight excluding hydrogens is 511 g/mol. The lowest BCUT2D eigenvalue weighted by Crippen LogP contribution is -2.37. The molecule has 4 rings (SSSR count). The van der Waals surface area contributed by atoms with Crippen molar-refractivity contribution in [2.45, 2.75) is 65.7 Å². The number of benzene rings is 2. The molecule has 0 bridgehead atoms. The van der Waals surface area contributed by atoms with E-state index in [4.69, 9.17) is 24.4 Å². The SMILES string of the molecule is CCOc1cc2c(c(F)c1OCC)C(=N)C(CCC(=O)c1cc(N3CCOCC3)c(OC)c(C(C)(C)C)c1)CC2. The van der Waals surface area contributed by atoms with Crippen LogP contribution in [0.3, 0.4) is 0 Å². The molecule has 0 saturated carbocycles. The van der Waals surface area contributed by atoms with Gasteiger partial charge in [-0.25, -0.2) is 4.39 Å². The topological polar surface area (TPSA) is 81.1 Å². The molecule has 40 heavy (non-hydrogen) atoms. The van der Waals surface area contributed by atoms with Gasteiger partial charge in [-0.1, -0.05) is 20.8 Å². The molecule has 1 N–H and O–H groups in total. The molecule has 1 saturated heterocycles. The van der Waals surface area contributed by atoms with Crippen molar-refractivity contribution >= 4 is 17.2 Å². The molecule has 2 aromatic carbocycles. The Morgan fingerprint density at radius 3 is 2.42 bits per heavy atom. The Bertz CT molecular complexity index is 1250. The number of morpholine rings is 1. The van der Waals surface area contributed by atoms with Crippen LogP contribution in [0, 0.1) is 17.1 Å². The number of hydrogen-bond acceptors (Lipinski definition) is 7. The number of nitrogens with zero attached hydrogens (tertiary/aromatic N) is 1. The Kier molecular flexibility index (Phi) is 9.39. The summed E-state index contributed by atoms with van der Waals surface area (Å²) >= 11 is 0. The minimum absolute atomic E-state index is 0.0171. The fraction of sp³-hybridized carbons (Fsp3) is 0.562. The average Bonchev–Trinajstić information content (AvgIpc) is 2.93. The van der Waals surface area contributed by atoms with Gasteiger partial charge in [0.15, 0.2) is 23.1 Å². The van der Waals surface area contributed by atoms with Crippen LogP contribution in [0.2, 0.25) is 0 Å². The summed E-state index contributed by atoms with van der Waals surface area (Å²) in [7, 11) is 1.68. The van der Waals surface area contributed by atoms with E-state index in [-0.39, 0.29) is 35.0 Å². The first-order valence-corrected chi connectivity index (χ1v) is 14.4. The maximum atomic E-state index is 15.6. The van der Waals surface area contributed by atoms with Crippen LogP contribution in [-0.4, -0.2) is 58.1 Å². The largest absolute Gasteiger partial charge is 0.494 e. The number of aryl methyl sites for hydroxylation is 1. The molecule has 2 aliphatic rings. The fourth-order valence-electron chi connectivity index (χ4n) is 5.69. The van der Waals surface area contributed by atoms with Crippen LogP contribution in [0.1, 0.15) is 80.9 Å². The zero-order valence-corrected chi connectivity index (χ0v) is 24.7. The summed E-state index contributed by atoms with van der Waals surface area (Å²) in [5, 5.41) is 8.87. The van der Waals surface area contributed by atoms with Gasteiger partial charge in [-0.3, -0.25) is 4.79 Å². The number of fused-ring (bicyclic) bond motifs is 1. The quantitative estimate of drug-likeness (QED) is 0.344. The molecule has 0 aromatic heterocycles. The molecule has 1 aliphatic carbocycles. The zero-order chi connectivity index (χ0) is 29.0. The van der Waals surface area contributed by atoms with Gasteiger partial charge in [-0.2, -0.15) is 0 Å². The van der Waals surface area contributed by atoms with Crippen LogP contribution >= 0.6 is 0 Å². The number of Topliss-reactive ketones (excluding diaryl/α,β-unsaturated/α-hetero) is 1. The highest BCUT2D eigenvalue weighted by molar-refractivity contribution is 6.04. The lowest BCUT2D eigenvalue weighted by molar-refractivity contribution is 0.0976. The highest BCUT2D eigenvalue weighted by Crippen LogP contribution is 2.42. The number of ketones is 1. The second-order valence-corrected chi connectivity index (χ2v) is 11.5. The number of nitrogens with one attached hydrogen (secondary N) is 1. The first-order chi connectivity index (χ1) is 19.1. The maximum absolute atomic E-state index is 15.6. The lowest BCUT2D eigenvalue weighted by atomic mass is 9.78. The standard InChI is InChI=1S/C32H43FN2O5/c1-7-39-26-19-21-10-9-20(29(34)27(21)28(33)31(26)40-8-2)11-12-25(36)22-17-23(32(3,4)5)30(37-6)24(18-22)35-13-15-38-16-14-35/h17-20,34H,7-16H2,1-6H3. The Balaban J connectivity index is 1.58. The predicted octanol–water partition coefficient (Wildman–Crippen LogP) is 6.36. The van der Waals surface area contributed by atoms with Crippen molar-refractivity contribution in [1.82, 2.24) is 0 Å². The maximum Gasteiger partial charge on any atom is 0.197 e. The summed E-state index contributed by atoms with van der Waals surface area (Å²) < 4.78 is 38.3. The van der Waals surface area contributed by atoms with E-state index in [1.807, 2.05) is 19.1 Å². The molecule has 218 valence electrons. The van der Waals surface area contributed by atoms with E-state index < -0.39 is 5.82 Å². The zero-order valence-electron chi connectivity index (χ0n) is 24.7. The third-order valence-corrected chi connectivity index (χ3v) is 7.77. The number of carbonyl (C=O) groups is 1. The van der Waals surface area contributed by atoms with Crippen molar-refractivity contribution in [2.75, 3.05) is 51.5 Å². The fourth-order valence-corrected chi connectivity index (χ4v) is 5.69. The van der Waals surface area contributed by atoms with Gasteiger partial charge >= 0.3 is 0 Å². The second-order valence-electron chi connectivity index (χ2n) is 11.5. The summed E-state index contributed by atoms with van der Waals surface area (Å²) in [5.41, 5.74) is 3.60. The Hall–Kier alpha value is -3.13. The summed E-state index contributed by atoms with van der Waals surface area (Å²) in [4.78, 5) is 15.8. The Morgan fingerprint density at radius 1 is 1.10 bits per heavy atom. The molecular formula is C32H43FN2O5. The third kappa shape index (κ3) is 6.12. The minimum Gasteiger partial charge on any atom is -0.494 e. The van der Waals surface area contributed by atoms with Crippen LogP contribution in [-0.2, 0) is 16.6 Å². The summed E-state index contributed by atoms with van der Waals surface area (Å²) in [6, 6.07) is 5.70. The number of ether oxygens (including phenoxy) is 4. The van der Waals surface area contributed by atoms with E-state index >= 15 is 4.39 Å². The first kappa shape index (κ1) is 29.8. The average molecular weight is 555 g/mol. The summed E-state index contributed by atoms with van der Waals surface area (Å²) in [6.45, 7) is 13.4. The Morgan fingerprint density at radius 2 is 1.80 bits per heavy atom. The van der Waals surface area contributed by atoms with E-state index in [0.29, 0.717) is 62.6 Å². The minimum atomic E-state index is -0.538. The van der Waals surface area contributed by atoms with Crippen molar-refractivity contribution in [2.24, 2.45) is 5.92 Å². The third-order valence-electron chi connectivity index (χ3n) is 7.77. The van der Waals surface area contributed by atoms with Crippen LogP contribution in [0.15, 0.2) is 18.2 Å². The van der Waals surface area contributed by atoms with Gasteiger partial charge in [0.1, 0.15) is 5.75 Å². The molecule has 1 fully saturated rings. The Labute approximate surface area is 237 Å². The van der Waals surface area contributed by atoms with Gasteiger partial charge in [-0.05, 0) is 62.3 Å². The molecule has 8 heteroatoms. The van der Waals surface area contributed by atoms with Gasteiger partial charge in [0.25, 0.3) is 0 Å². The van der Waals surface area contributed by atoms with Crippen LogP contribution in [0.5, 0.6) is 17.2 Å². The van der Waals surface area contributed by atoms with Crippen molar-refractivity contribution in [3.63, 3.8) is 0 Å². The van der Waals surface area contributed by atoms with Gasteiger partial charge < -0.3 is 29.3 Å². The number of carbonyl (C=O) groups excluding carboxylic acids is 1. The van der Waals surface area contributed by atoms with Crippen molar-refractivity contribution in [1.29, 1.82) is 5.41 Å². The number of rotatable bonds is 10. The number of hydrogen-bond donors (Lipinski definition) is 1. The van der Waals surface area contributed by atoms with E-state index in [1.54, 1.807) is 20.1 Å². The second kappa shape index (κ2) is 12.6. The predicted molar refractivity (Wildman–Crippen MR) is 156 cm³/mol. The number of halogens is 1. The molecule has 0 amide bonds. The van der Waals surface area contributed by atoms with Gasteiger partial charge in [0.05, 0.1) is 39.2 Å². The molecule has 7 nitrogen and oxygen atoms in total. The number of anilines is 1. The van der Waals surface area contributed by atoms with Gasteiger partial charge in [-0.15, -0.1) is 0 Å². The molecule has 1 unspecified atom stereocenters. The lowest BCUT2D eigenvalue weighted by Gasteiger charge is -2.33. The smallest absolute Gasteiger partial charge is 0.197 e. The van der Waals surface area contributed by atoms with E-state index in [9.17, 15) is 4.79 Å². The highest BCUT2D eigenvalue weighted by atomic mass is 19.1. The van der Waals surface area contributed by atoms with Crippen LogP contribution in [0.25, 0.3) is 0 Å². The monoisotopic (exact) mass is 554 g/mol. The first-order valence-electron chi connectivity index (χ1n) is 14.4. The summed E-state index contributed by atoms with van der Waals surface area (Å²) in [6.07, 6.45) is 2.07. The summed E-state index contributed by atoms with van der Waals surface area (Å²) in [5.74, 6) is 0.508. The van der Waals surface area contributed by atoms with Gasteiger partial charge in [0.2, 0.25) is 0 Å². The highest BCUT2D eigenvalue weighted by Gasteiger charge is 2.32. The normalized spacial score (nSPS) is 17.4. The van der Waals surface area contributed by atoms with Gasteiger partial charge in [0, 0.05) is 47.8 Å². The van der Waals surface area contributed by atoms with Crippen molar-refractivity contribution < 1.29 is 28.1 Å². The van der Waals surface area contributed by atoms with Crippen LogP contribution < -0.4 is 19.1 Å². The van der Waals surface area contributed by atoms with Crippen molar-refractivity contribution in [3.05, 3.63) is 46.3 Å².